The second kappa shape index (κ2) is 7.09. The van der Waals surface area contributed by atoms with E-state index in [4.69, 9.17) is 4.74 Å². The van der Waals surface area contributed by atoms with Crippen LogP contribution < -0.4 is 5.32 Å². The molecule has 0 amide bonds. The van der Waals surface area contributed by atoms with E-state index in [1.54, 1.807) is 0 Å². The molecule has 1 aliphatic heterocycles. The van der Waals surface area contributed by atoms with Gasteiger partial charge in [-0.1, -0.05) is 0 Å². The van der Waals surface area contributed by atoms with Gasteiger partial charge in [-0.15, -0.1) is 0 Å². The second-order valence-electron chi connectivity index (χ2n) is 4.02. The maximum atomic E-state index is 11.7. The number of likely N-dealkylation sites (tertiary alicyclic amines) is 1. The fourth-order valence-corrected chi connectivity index (χ4v) is 1.84. The smallest absolute Gasteiger partial charge is 0.261 e. The van der Waals surface area contributed by atoms with Gasteiger partial charge in [0, 0.05) is 19.1 Å². The van der Waals surface area contributed by atoms with E-state index in [0.29, 0.717) is 19.2 Å². The summed E-state index contributed by atoms with van der Waals surface area (Å²) in [5, 5.41) is 3.31. The van der Waals surface area contributed by atoms with E-state index >= 15 is 0 Å². The molecule has 0 aliphatic carbocycles. The number of rotatable bonds is 6. The molecule has 0 spiro atoms. The number of piperidine rings is 1. The molecule has 1 heterocycles. The van der Waals surface area contributed by atoms with E-state index in [2.05, 4.69) is 17.3 Å². The number of ether oxygens (including phenoxy) is 1. The second-order valence-corrected chi connectivity index (χ2v) is 4.02. The van der Waals surface area contributed by atoms with Gasteiger partial charge in [0.1, 0.15) is 6.61 Å². The van der Waals surface area contributed by atoms with E-state index < -0.39 is 13.0 Å². The van der Waals surface area contributed by atoms with Crippen molar-refractivity contribution in [2.75, 3.05) is 39.9 Å². The van der Waals surface area contributed by atoms with Crippen LogP contribution in [0.15, 0.2) is 0 Å². The molecule has 0 saturated carbocycles. The van der Waals surface area contributed by atoms with Crippen LogP contribution in [0.5, 0.6) is 0 Å². The predicted molar refractivity (Wildman–Crippen MR) is 55.3 cm³/mol. The summed E-state index contributed by atoms with van der Waals surface area (Å²) in [6.07, 6.45) is 0.0106. The maximum Gasteiger partial charge on any atom is 0.261 e. The first-order valence-electron chi connectivity index (χ1n) is 5.46. The number of hydrogen-bond donors (Lipinski definition) is 1. The Morgan fingerprint density at radius 2 is 2.33 bits per heavy atom. The molecule has 90 valence electrons. The molecule has 1 saturated heterocycles. The van der Waals surface area contributed by atoms with E-state index in [-0.39, 0.29) is 0 Å². The molecular formula is C10H20F2N2O. The van der Waals surface area contributed by atoms with Crippen LogP contribution in [0.25, 0.3) is 0 Å². The third-order valence-electron chi connectivity index (χ3n) is 2.55. The molecule has 1 fully saturated rings. The van der Waals surface area contributed by atoms with Gasteiger partial charge < -0.3 is 15.0 Å². The van der Waals surface area contributed by atoms with Gasteiger partial charge in [-0.2, -0.15) is 0 Å². The lowest BCUT2D eigenvalue weighted by Gasteiger charge is -2.30. The number of likely N-dealkylation sites (N-methyl/N-ethyl adjacent to an activating group) is 1. The lowest BCUT2D eigenvalue weighted by atomic mass is 10.1. The van der Waals surface area contributed by atoms with Gasteiger partial charge in [0.25, 0.3) is 6.43 Å². The Kier molecular flexibility index (Phi) is 6.05. The van der Waals surface area contributed by atoms with Crippen LogP contribution >= 0.6 is 0 Å². The van der Waals surface area contributed by atoms with Crippen molar-refractivity contribution in [3.8, 4) is 0 Å². The molecule has 5 heteroatoms. The van der Waals surface area contributed by atoms with Gasteiger partial charge >= 0.3 is 0 Å². The Hall–Kier alpha value is -0.260. The molecule has 0 aromatic carbocycles. The third kappa shape index (κ3) is 6.02. The molecular weight excluding hydrogens is 202 g/mol. The van der Waals surface area contributed by atoms with Crippen LogP contribution in [0, 0.1) is 0 Å². The topological polar surface area (TPSA) is 24.5 Å². The van der Waals surface area contributed by atoms with E-state index in [1.165, 1.54) is 12.8 Å². The zero-order chi connectivity index (χ0) is 11.1. The number of alkyl halides is 2. The van der Waals surface area contributed by atoms with Crippen molar-refractivity contribution in [2.45, 2.75) is 25.3 Å². The minimum atomic E-state index is -2.36. The normalized spacial score (nSPS) is 23.6. The van der Waals surface area contributed by atoms with Gasteiger partial charge in [0.05, 0.1) is 6.61 Å². The van der Waals surface area contributed by atoms with Gasteiger partial charge in [-0.05, 0) is 26.4 Å². The Labute approximate surface area is 89.8 Å². The molecule has 0 radical (unpaired) electrons. The van der Waals surface area contributed by atoms with Crippen LogP contribution in [-0.2, 0) is 4.74 Å². The lowest BCUT2D eigenvalue weighted by Crippen LogP contribution is -2.44. The van der Waals surface area contributed by atoms with Crippen molar-refractivity contribution in [1.29, 1.82) is 0 Å². The average molecular weight is 222 g/mol. The standard InChI is InChI=1S/C10H20F2N2O/c1-14-5-2-3-9(7-14)13-4-6-15-8-10(11)12/h9-10,13H,2-8H2,1H3. The summed E-state index contributed by atoms with van der Waals surface area (Å²) in [5.41, 5.74) is 0. The van der Waals surface area contributed by atoms with Crippen molar-refractivity contribution in [2.24, 2.45) is 0 Å². The van der Waals surface area contributed by atoms with Crippen LogP contribution in [0.3, 0.4) is 0 Å². The van der Waals surface area contributed by atoms with E-state index in [1.807, 2.05) is 0 Å². The molecule has 1 aliphatic rings. The summed E-state index contributed by atoms with van der Waals surface area (Å²) < 4.78 is 28.2. The predicted octanol–water partition coefficient (Wildman–Crippen LogP) is 0.952. The monoisotopic (exact) mass is 222 g/mol. The number of nitrogens with zero attached hydrogens (tertiary/aromatic N) is 1. The quantitative estimate of drug-likeness (QED) is 0.677. The summed E-state index contributed by atoms with van der Waals surface area (Å²) in [6.45, 7) is 2.76. The molecule has 15 heavy (non-hydrogen) atoms. The van der Waals surface area contributed by atoms with Crippen molar-refractivity contribution in [3.63, 3.8) is 0 Å². The summed E-state index contributed by atoms with van der Waals surface area (Å²) >= 11 is 0. The Balaban J connectivity index is 1.95. The van der Waals surface area contributed by atoms with Crippen LogP contribution in [0.4, 0.5) is 8.78 Å². The van der Waals surface area contributed by atoms with Crippen LogP contribution in [0.1, 0.15) is 12.8 Å². The first-order chi connectivity index (χ1) is 7.18. The molecule has 1 rings (SSSR count). The van der Waals surface area contributed by atoms with E-state index in [0.717, 1.165) is 13.1 Å². The minimum absolute atomic E-state index is 0.366. The fraction of sp³-hybridized carbons (Fsp3) is 1.00. The van der Waals surface area contributed by atoms with Crippen LogP contribution in [0.2, 0.25) is 0 Å². The molecule has 1 atom stereocenters. The highest BCUT2D eigenvalue weighted by atomic mass is 19.3. The Bertz CT molecular complexity index is 170. The van der Waals surface area contributed by atoms with Crippen molar-refractivity contribution >= 4 is 0 Å². The third-order valence-corrected chi connectivity index (χ3v) is 2.55. The van der Waals surface area contributed by atoms with Gasteiger partial charge in [-0.25, -0.2) is 8.78 Å². The molecule has 0 bridgehead atoms. The SMILES string of the molecule is CN1CCCC(NCCOCC(F)F)C1. The Morgan fingerprint density at radius 1 is 1.53 bits per heavy atom. The largest absolute Gasteiger partial charge is 0.374 e. The first-order valence-corrected chi connectivity index (χ1v) is 5.46. The number of hydrogen-bond acceptors (Lipinski definition) is 3. The van der Waals surface area contributed by atoms with Gasteiger partial charge in [0.15, 0.2) is 0 Å². The molecule has 0 aromatic heterocycles. The summed E-state index contributed by atoms with van der Waals surface area (Å²) in [4.78, 5) is 2.28. The first kappa shape index (κ1) is 12.8. The zero-order valence-corrected chi connectivity index (χ0v) is 9.22. The average Bonchev–Trinajstić information content (AvgIpc) is 2.17. The fourth-order valence-electron chi connectivity index (χ4n) is 1.84. The molecule has 3 nitrogen and oxygen atoms in total. The van der Waals surface area contributed by atoms with E-state index in [9.17, 15) is 8.78 Å². The van der Waals surface area contributed by atoms with Crippen molar-refractivity contribution < 1.29 is 13.5 Å². The highest BCUT2D eigenvalue weighted by Gasteiger charge is 2.15. The Morgan fingerprint density at radius 3 is 3.00 bits per heavy atom. The lowest BCUT2D eigenvalue weighted by molar-refractivity contribution is 0.0176. The number of nitrogens with one attached hydrogen (secondary N) is 1. The highest BCUT2D eigenvalue weighted by molar-refractivity contribution is 4.75. The van der Waals surface area contributed by atoms with Crippen LogP contribution in [-0.4, -0.2) is 57.3 Å². The van der Waals surface area contributed by atoms with Gasteiger partial charge in [0.2, 0.25) is 0 Å². The molecule has 1 N–H and O–H groups in total. The van der Waals surface area contributed by atoms with Gasteiger partial charge in [-0.3, -0.25) is 0 Å². The van der Waals surface area contributed by atoms with Crippen molar-refractivity contribution in [3.05, 3.63) is 0 Å². The summed E-state index contributed by atoms with van der Waals surface area (Å²) in [6, 6.07) is 0.485. The maximum absolute atomic E-state index is 11.7. The minimum Gasteiger partial charge on any atom is -0.374 e. The molecule has 1 unspecified atom stereocenters. The molecule has 0 aromatic rings. The highest BCUT2D eigenvalue weighted by Crippen LogP contribution is 2.07. The summed E-state index contributed by atoms with van der Waals surface area (Å²) in [7, 11) is 2.10. The zero-order valence-electron chi connectivity index (χ0n) is 9.22. The number of halogens is 2. The van der Waals surface area contributed by atoms with Crippen molar-refractivity contribution in [1.82, 2.24) is 10.2 Å². The summed E-state index contributed by atoms with van der Waals surface area (Å²) in [5.74, 6) is 0.